The lowest BCUT2D eigenvalue weighted by Gasteiger charge is -2.16. The molecule has 1 aromatic carbocycles. The van der Waals surface area contributed by atoms with Crippen molar-refractivity contribution in [2.75, 3.05) is 19.4 Å². The third-order valence-corrected chi connectivity index (χ3v) is 6.25. The number of hydrogen-bond donors (Lipinski definition) is 1. The molecular weight excluding hydrogens is 391 g/mol. The van der Waals surface area contributed by atoms with Gasteiger partial charge in [-0.1, -0.05) is 12.1 Å². The molecule has 1 aliphatic carbocycles. The summed E-state index contributed by atoms with van der Waals surface area (Å²) in [6, 6.07) is 5.98. The number of nitrogens with one attached hydrogen (secondary N) is 1. The molecule has 3 aromatic rings. The number of halogens is 1. The number of carbonyl (C=O) groups excluding carboxylic acids is 1. The molecule has 29 heavy (non-hydrogen) atoms. The fourth-order valence-electron chi connectivity index (χ4n) is 3.74. The van der Waals surface area contributed by atoms with Crippen LogP contribution >= 0.6 is 11.3 Å². The van der Waals surface area contributed by atoms with Gasteiger partial charge in [-0.05, 0) is 57.5 Å². The highest BCUT2D eigenvalue weighted by molar-refractivity contribution is 7.18. The van der Waals surface area contributed by atoms with Crippen molar-refractivity contribution < 1.29 is 9.18 Å². The minimum atomic E-state index is -0.512. The molecule has 152 valence electrons. The summed E-state index contributed by atoms with van der Waals surface area (Å²) in [4.78, 5) is 34.6. The van der Waals surface area contributed by atoms with Crippen molar-refractivity contribution in [1.29, 1.82) is 0 Å². The number of aromatic nitrogens is 2. The summed E-state index contributed by atoms with van der Waals surface area (Å²) in [6.45, 7) is 0.227. The summed E-state index contributed by atoms with van der Waals surface area (Å²) in [5.41, 5.74) is 1.00. The Balaban J connectivity index is 1.75. The number of benzene rings is 1. The highest BCUT2D eigenvalue weighted by atomic mass is 32.1. The highest BCUT2D eigenvalue weighted by Crippen LogP contribution is 2.33. The van der Waals surface area contributed by atoms with Crippen LogP contribution in [0.15, 0.2) is 29.1 Å². The van der Waals surface area contributed by atoms with E-state index in [2.05, 4.69) is 5.32 Å². The SMILES string of the molecule is CN(C)Cc1nc2sc3c(c2c(=O)n1CC(=O)Nc1ccccc1F)CCCC3. The van der Waals surface area contributed by atoms with Gasteiger partial charge in [-0.3, -0.25) is 14.2 Å². The molecule has 1 amide bonds. The summed E-state index contributed by atoms with van der Waals surface area (Å²) in [7, 11) is 3.78. The van der Waals surface area contributed by atoms with Gasteiger partial charge in [0.1, 0.15) is 23.0 Å². The summed E-state index contributed by atoms with van der Waals surface area (Å²) < 4.78 is 15.3. The van der Waals surface area contributed by atoms with E-state index in [1.54, 1.807) is 23.5 Å². The van der Waals surface area contributed by atoms with Crippen LogP contribution in [0.3, 0.4) is 0 Å². The van der Waals surface area contributed by atoms with E-state index in [0.29, 0.717) is 17.8 Å². The molecule has 0 saturated carbocycles. The van der Waals surface area contributed by atoms with E-state index < -0.39 is 11.7 Å². The molecule has 1 aliphatic rings. The summed E-state index contributed by atoms with van der Waals surface area (Å²) >= 11 is 1.59. The lowest BCUT2D eigenvalue weighted by Crippen LogP contribution is -2.33. The zero-order valence-electron chi connectivity index (χ0n) is 16.5. The molecule has 0 fully saturated rings. The molecular formula is C21H23FN4O2S. The minimum absolute atomic E-state index is 0.0988. The van der Waals surface area contributed by atoms with Crippen LogP contribution in [0.25, 0.3) is 10.2 Å². The largest absolute Gasteiger partial charge is 0.322 e. The van der Waals surface area contributed by atoms with Crippen LogP contribution < -0.4 is 10.9 Å². The zero-order chi connectivity index (χ0) is 20.5. The molecule has 0 unspecified atom stereocenters. The molecule has 2 heterocycles. The van der Waals surface area contributed by atoms with Crippen LogP contribution in [0.2, 0.25) is 0 Å². The van der Waals surface area contributed by atoms with Crippen LogP contribution in [-0.2, 0) is 30.7 Å². The predicted molar refractivity (Wildman–Crippen MR) is 113 cm³/mol. The minimum Gasteiger partial charge on any atom is -0.322 e. The van der Waals surface area contributed by atoms with Gasteiger partial charge in [-0.15, -0.1) is 11.3 Å². The lowest BCUT2D eigenvalue weighted by atomic mass is 9.97. The monoisotopic (exact) mass is 414 g/mol. The normalized spacial score (nSPS) is 13.7. The topological polar surface area (TPSA) is 67.2 Å². The van der Waals surface area contributed by atoms with Crippen LogP contribution in [-0.4, -0.2) is 34.5 Å². The average Bonchev–Trinajstić information content (AvgIpc) is 3.04. The molecule has 0 spiro atoms. The summed E-state index contributed by atoms with van der Waals surface area (Å²) in [6.07, 6.45) is 4.04. The second-order valence-electron chi connectivity index (χ2n) is 7.58. The number of anilines is 1. The van der Waals surface area contributed by atoms with E-state index in [0.717, 1.165) is 36.1 Å². The second-order valence-corrected chi connectivity index (χ2v) is 8.66. The maximum absolute atomic E-state index is 13.9. The first kappa shape index (κ1) is 19.7. The second kappa shape index (κ2) is 8.04. The van der Waals surface area contributed by atoms with Crippen LogP contribution in [0, 0.1) is 5.82 Å². The Hall–Kier alpha value is -2.58. The standard InChI is InChI=1S/C21H23FN4O2S/c1-25(2)11-17-24-20-19(13-7-3-6-10-16(13)29-20)21(28)26(17)12-18(27)23-15-9-5-4-8-14(15)22/h4-5,8-9H,3,6-7,10-12H2,1-2H3,(H,23,27). The van der Waals surface area contributed by atoms with Gasteiger partial charge in [0.05, 0.1) is 17.6 Å². The Morgan fingerprint density at radius 1 is 1.28 bits per heavy atom. The van der Waals surface area contributed by atoms with Crippen molar-refractivity contribution in [2.24, 2.45) is 0 Å². The van der Waals surface area contributed by atoms with Gasteiger partial charge < -0.3 is 10.2 Å². The van der Waals surface area contributed by atoms with Gasteiger partial charge in [0.2, 0.25) is 5.91 Å². The van der Waals surface area contributed by atoms with Gasteiger partial charge in [0, 0.05) is 4.88 Å². The number of carbonyl (C=O) groups is 1. The van der Waals surface area contributed by atoms with Crippen LogP contribution in [0.5, 0.6) is 0 Å². The number of rotatable bonds is 5. The number of fused-ring (bicyclic) bond motifs is 3. The predicted octanol–water partition coefficient (Wildman–Crippen LogP) is 3.18. The van der Waals surface area contributed by atoms with Crippen LogP contribution in [0.4, 0.5) is 10.1 Å². The van der Waals surface area contributed by atoms with Gasteiger partial charge in [0.15, 0.2) is 0 Å². The Kier molecular flexibility index (Phi) is 5.47. The molecule has 8 heteroatoms. The lowest BCUT2D eigenvalue weighted by molar-refractivity contribution is -0.116. The van der Waals surface area contributed by atoms with Gasteiger partial charge in [-0.25, -0.2) is 9.37 Å². The van der Waals surface area contributed by atoms with Crippen molar-refractivity contribution in [3.63, 3.8) is 0 Å². The average molecular weight is 415 g/mol. The van der Waals surface area contributed by atoms with E-state index in [1.165, 1.54) is 21.6 Å². The summed E-state index contributed by atoms with van der Waals surface area (Å²) in [5.74, 6) is -0.431. The number of para-hydroxylation sites is 1. The number of amides is 1. The molecule has 1 N–H and O–H groups in total. The first-order chi connectivity index (χ1) is 13.9. The molecule has 4 rings (SSSR count). The van der Waals surface area contributed by atoms with Crippen molar-refractivity contribution in [2.45, 2.75) is 38.8 Å². The Labute approximate surface area is 172 Å². The molecule has 2 aromatic heterocycles. The summed E-state index contributed by atoms with van der Waals surface area (Å²) in [5, 5.41) is 3.20. The fourth-order valence-corrected chi connectivity index (χ4v) is 5.01. The number of hydrogen-bond acceptors (Lipinski definition) is 5. The zero-order valence-corrected chi connectivity index (χ0v) is 17.3. The van der Waals surface area contributed by atoms with Crippen molar-refractivity contribution in [3.8, 4) is 0 Å². The smallest absolute Gasteiger partial charge is 0.263 e. The van der Waals surface area contributed by atoms with Crippen LogP contribution in [0.1, 0.15) is 29.1 Å². The van der Waals surface area contributed by atoms with E-state index in [9.17, 15) is 14.0 Å². The fraction of sp³-hybridized carbons (Fsp3) is 0.381. The van der Waals surface area contributed by atoms with E-state index in [1.807, 2.05) is 19.0 Å². The van der Waals surface area contributed by atoms with Crippen molar-refractivity contribution >= 4 is 33.1 Å². The Morgan fingerprint density at radius 2 is 2.03 bits per heavy atom. The molecule has 0 radical (unpaired) electrons. The number of thiophene rings is 1. The molecule has 0 bridgehead atoms. The maximum Gasteiger partial charge on any atom is 0.263 e. The maximum atomic E-state index is 13.9. The van der Waals surface area contributed by atoms with Crippen molar-refractivity contribution in [1.82, 2.24) is 14.5 Å². The van der Waals surface area contributed by atoms with Gasteiger partial charge in [-0.2, -0.15) is 0 Å². The Bertz CT molecular complexity index is 1140. The third-order valence-electron chi connectivity index (χ3n) is 5.06. The molecule has 6 nitrogen and oxygen atoms in total. The van der Waals surface area contributed by atoms with Gasteiger partial charge in [0.25, 0.3) is 5.56 Å². The quantitative estimate of drug-likeness (QED) is 0.696. The first-order valence-corrected chi connectivity index (χ1v) is 10.5. The molecule has 0 atom stereocenters. The number of nitrogens with zero attached hydrogens (tertiary/aromatic N) is 3. The molecule has 0 saturated heterocycles. The molecule has 0 aliphatic heterocycles. The third kappa shape index (κ3) is 3.95. The van der Waals surface area contributed by atoms with Crippen molar-refractivity contribution in [3.05, 3.63) is 56.7 Å². The first-order valence-electron chi connectivity index (χ1n) is 9.67. The Morgan fingerprint density at radius 3 is 2.79 bits per heavy atom. The van der Waals surface area contributed by atoms with E-state index in [4.69, 9.17) is 4.98 Å². The van der Waals surface area contributed by atoms with E-state index >= 15 is 0 Å². The highest BCUT2D eigenvalue weighted by Gasteiger charge is 2.23. The van der Waals surface area contributed by atoms with E-state index in [-0.39, 0.29) is 17.8 Å². The van der Waals surface area contributed by atoms with Gasteiger partial charge >= 0.3 is 0 Å². The number of aryl methyl sites for hydroxylation is 2.